The number of pyridine rings is 1. The summed E-state index contributed by atoms with van der Waals surface area (Å²) in [6, 6.07) is 14.3. The molecular weight excluding hydrogens is 376 g/mol. The normalized spacial score (nSPS) is 10.4. The predicted octanol–water partition coefficient (Wildman–Crippen LogP) is 5.27. The van der Waals surface area contributed by atoms with Gasteiger partial charge in [0.1, 0.15) is 6.61 Å². The molecular formula is C22H21ClN2O3. The number of carbonyl (C=O) groups excluding carboxylic acids is 1. The van der Waals surface area contributed by atoms with Crippen LogP contribution in [-0.2, 0) is 6.61 Å². The fourth-order valence-electron chi connectivity index (χ4n) is 2.60. The number of nitrogens with zero attached hydrogens (tertiary/aromatic N) is 1. The van der Waals surface area contributed by atoms with E-state index in [9.17, 15) is 4.79 Å². The molecule has 0 spiro atoms. The second-order valence-corrected chi connectivity index (χ2v) is 6.59. The van der Waals surface area contributed by atoms with Crippen molar-refractivity contribution >= 4 is 23.2 Å². The third-order valence-corrected chi connectivity index (χ3v) is 4.31. The van der Waals surface area contributed by atoms with Crippen molar-refractivity contribution in [2.45, 2.75) is 20.5 Å². The number of aryl methyl sites for hydroxylation is 1. The number of hydrogen-bond acceptors (Lipinski definition) is 4. The molecule has 0 radical (unpaired) electrons. The van der Waals surface area contributed by atoms with E-state index >= 15 is 0 Å². The van der Waals surface area contributed by atoms with Crippen molar-refractivity contribution in [3.63, 3.8) is 0 Å². The van der Waals surface area contributed by atoms with Gasteiger partial charge in [0.25, 0.3) is 5.91 Å². The first-order chi connectivity index (χ1) is 13.6. The molecule has 0 bridgehead atoms. The van der Waals surface area contributed by atoms with E-state index in [4.69, 9.17) is 21.1 Å². The minimum absolute atomic E-state index is 0.273. The van der Waals surface area contributed by atoms with E-state index in [0.717, 1.165) is 11.1 Å². The number of amides is 1. The molecule has 0 aliphatic heterocycles. The molecule has 28 heavy (non-hydrogen) atoms. The Hall–Kier alpha value is -3.05. The summed E-state index contributed by atoms with van der Waals surface area (Å²) < 4.78 is 11.5. The summed E-state index contributed by atoms with van der Waals surface area (Å²) in [6.07, 6.45) is 3.45. The summed E-state index contributed by atoms with van der Waals surface area (Å²) in [5, 5.41) is 3.32. The highest BCUT2D eigenvalue weighted by Crippen LogP contribution is 2.30. The lowest BCUT2D eigenvalue weighted by Crippen LogP contribution is -2.13. The molecule has 1 amide bonds. The van der Waals surface area contributed by atoms with Gasteiger partial charge in [0.2, 0.25) is 0 Å². The van der Waals surface area contributed by atoms with Gasteiger partial charge in [-0.15, -0.1) is 0 Å². The van der Waals surface area contributed by atoms with Crippen LogP contribution in [0.25, 0.3) is 0 Å². The third kappa shape index (κ3) is 5.02. The van der Waals surface area contributed by atoms with Crippen LogP contribution in [0, 0.1) is 6.92 Å². The number of hydrogen-bond donors (Lipinski definition) is 1. The Morgan fingerprint density at radius 2 is 1.96 bits per heavy atom. The molecule has 6 heteroatoms. The van der Waals surface area contributed by atoms with E-state index < -0.39 is 0 Å². The minimum atomic E-state index is -0.273. The fraction of sp³-hybridized carbons (Fsp3) is 0.182. The highest BCUT2D eigenvalue weighted by Gasteiger charge is 2.13. The third-order valence-electron chi connectivity index (χ3n) is 4.00. The molecule has 0 atom stereocenters. The van der Waals surface area contributed by atoms with Gasteiger partial charge in [-0.1, -0.05) is 23.7 Å². The fourth-order valence-corrected chi connectivity index (χ4v) is 2.88. The van der Waals surface area contributed by atoms with Crippen molar-refractivity contribution in [2.24, 2.45) is 0 Å². The van der Waals surface area contributed by atoms with Crippen LogP contribution in [0.5, 0.6) is 11.5 Å². The van der Waals surface area contributed by atoms with E-state index in [0.29, 0.717) is 41.0 Å². The summed E-state index contributed by atoms with van der Waals surface area (Å²) in [4.78, 5) is 16.7. The lowest BCUT2D eigenvalue weighted by atomic mass is 10.1. The summed E-state index contributed by atoms with van der Waals surface area (Å²) in [6.45, 7) is 4.64. The van der Waals surface area contributed by atoms with E-state index in [1.54, 1.807) is 42.7 Å². The molecule has 5 nitrogen and oxygen atoms in total. The van der Waals surface area contributed by atoms with Gasteiger partial charge in [0.15, 0.2) is 11.5 Å². The molecule has 0 aliphatic rings. The van der Waals surface area contributed by atoms with Crippen LogP contribution < -0.4 is 14.8 Å². The number of benzene rings is 2. The van der Waals surface area contributed by atoms with Gasteiger partial charge in [0.05, 0.1) is 17.3 Å². The summed E-state index contributed by atoms with van der Waals surface area (Å²) in [5.74, 6) is 0.801. The molecule has 1 N–H and O–H groups in total. The summed E-state index contributed by atoms with van der Waals surface area (Å²) in [7, 11) is 0. The Kier molecular flexibility index (Phi) is 6.50. The van der Waals surface area contributed by atoms with Gasteiger partial charge in [-0.2, -0.15) is 0 Å². The van der Waals surface area contributed by atoms with Crippen LogP contribution >= 0.6 is 11.6 Å². The van der Waals surface area contributed by atoms with E-state index in [1.807, 2.05) is 32.0 Å². The number of anilines is 1. The molecule has 0 unspecified atom stereocenters. The van der Waals surface area contributed by atoms with Gasteiger partial charge >= 0.3 is 0 Å². The van der Waals surface area contributed by atoms with Crippen molar-refractivity contribution in [3.8, 4) is 11.5 Å². The van der Waals surface area contributed by atoms with Crippen molar-refractivity contribution in [2.75, 3.05) is 11.9 Å². The maximum atomic E-state index is 12.6. The van der Waals surface area contributed by atoms with Crippen molar-refractivity contribution in [1.82, 2.24) is 4.98 Å². The lowest BCUT2D eigenvalue weighted by Gasteiger charge is -2.14. The number of rotatable bonds is 7. The van der Waals surface area contributed by atoms with Gasteiger partial charge < -0.3 is 14.8 Å². The van der Waals surface area contributed by atoms with Crippen LogP contribution in [0.2, 0.25) is 5.02 Å². The topological polar surface area (TPSA) is 60.5 Å². The molecule has 3 aromatic rings. The van der Waals surface area contributed by atoms with Crippen molar-refractivity contribution in [3.05, 3.63) is 82.6 Å². The smallest absolute Gasteiger partial charge is 0.255 e. The van der Waals surface area contributed by atoms with Crippen molar-refractivity contribution < 1.29 is 14.3 Å². The number of ether oxygens (including phenoxy) is 2. The SMILES string of the molecule is CCOc1cc(C(=O)Nc2ccc(C)cc2Cl)ccc1OCc1cccnc1. The van der Waals surface area contributed by atoms with Gasteiger partial charge in [-0.05, 0) is 55.8 Å². The van der Waals surface area contributed by atoms with Crippen LogP contribution in [0.1, 0.15) is 28.4 Å². The lowest BCUT2D eigenvalue weighted by molar-refractivity contribution is 0.102. The first kappa shape index (κ1) is 19.7. The van der Waals surface area contributed by atoms with E-state index in [-0.39, 0.29) is 5.91 Å². The van der Waals surface area contributed by atoms with Crippen LogP contribution in [0.15, 0.2) is 60.9 Å². The monoisotopic (exact) mass is 396 g/mol. The zero-order valence-corrected chi connectivity index (χ0v) is 16.5. The molecule has 1 heterocycles. The number of halogens is 1. The zero-order valence-electron chi connectivity index (χ0n) is 15.7. The molecule has 144 valence electrons. The molecule has 2 aromatic carbocycles. The van der Waals surface area contributed by atoms with Gasteiger partial charge in [-0.25, -0.2) is 0 Å². The second-order valence-electron chi connectivity index (χ2n) is 6.18. The summed E-state index contributed by atoms with van der Waals surface area (Å²) in [5.41, 5.74) is 2.98. The minimum Gasteiger partial charge on any atom is -0.490 e. The largest absolute Gasteiger partial charge is 0.490 e. The Bertz CT molecular complexity index is 961. The highest BCUT2D eigenvalue weighted by atomic mass is 35.5. The molecule has 0 fully saturated rings. The van der Waals surface area contributed by atoms with E-state index in [1.165, 1.54) is 0 Å². The van der Waals surface area contributed by atoms with Gasteiger partial charge in [0, 0.05) is 23.5 Å². The number of nitrogens with one attached hydrogen (secondary N) is 1. The Labute approximate surface area is 169 Å². The first-order valence-corrected chi connectivity index (χ1v) is 9.30. The summed E-state index contributed by atoms with van der Waals surface area (Å²) >= 11 is 6.20. The zero-order chi connectivity index (χ0) is 19.9. The molecule has 0 saturated heterocycles. The molecule has 3 rings (SSSR count). The van der Waals surface area contributed by atoms with Crippen molar-refractivity contribution in [1.29, 1.82) is 0 Å². The molecule has 0 aliphatic carbocycles. The second kappa shape index (κ2) is 9.24. The number of carbonyl (C=O) groups is 1. The standard InChI is InChI=1S/C22H21ClN2O3/c1-3-27-21-12-17(22(26)25-19-8-6-15(2)11-18(19)23)7-9-20(21)28-14-16-5-4-10-24-13-16/h4-13H,3,14H2,1-2H3,(H,25,26). The van der Waals surface area contributed by atoms with Crippen LogP contribution in [0.3, 0.4) is 0 Å². The van der Waals surface area contributed by atoms with E-state index in [2.05, 4.69) is 10.3 Å². The van der Waals surface area contributed by atoms with Crippen LogP contribution in [-0.4, -0.2) is 17.5 Å². The maximum absolute atomic E-state index is 12.6. The average Bonchev–Trinajstić information content (AvgIpc) is 2.70. The Morgan fingerprint density at radius 3 is 2.68 bits per heavy atom. The first-order valence-electron chi connectivity index (χ1n) is 8.93. The number of aromatic nitrogens is 1. The van der Waals surface area contributed by atoms with Gasteiger partial charge in [-0.3, -0.25) is 9.78 Å². The Morgan fingerprint density at radius 1 is 1.11 bits per heavy atom. The quantitative estimate of drug-likeness (QED) is 0.590. The Balaban J connectivity index is 1.76. The highest BCUT2D eigenvalue weighted by molar-refractivity contribution is 6.34. The maximum Gasteiger partial charge on any atom is 0.255 e. The molecule has 0 saturated carbocycles. The predicted molar refractivity (Wildman–Crippen MR) is 110 cm³/mol. The van der Waals surface area contributed by atoms with Crippen LogP contribution in [0.4, 0.5) is 5.69 Å². The average molecular weight is 397 g/mol. The molecule has 1 aromatic heterocycles.